The molecule has 1 aliphatic rings. The van der Waals surface area contributed by atoms with Crippen LogP contribution in [0.4, 0.5) is 0 Å². The summed E-state index contributed by atoms with van der Waals surface area (Å²) in [5, 5.41) is 0.186. The second-order valence-corrected chi connectivity index (χ2v) is 12.4. The van der Waals surface area contributed by atoms with Gasteiger partial charge in [0.1, 0.15) is 0 Å². The lowest BCUT2D eigenvalue weighted by molar-refractivity contribution is 0.104. The van der Waals surface area contributed by atoms with Gasteiger partial charge in [-0.3, -0.25) is 4.79 Å². The average Bonchev–Trinajstić information content (AvgIpc) is 2.86. The summed E-state index contributed by atoms with van der Waals surface area (Å²) >= 11 is 0. The van der Waals surface area contributed by atoms with Crippen molar-refractivity contribution >= 4 is 20.2 Å². The molecule has 0 heterocycles. The highest BCUT2D eigenvalue weighted by molar-refractivity contribution is 6.74. The van der Waals surface area contributed by atoms with Gasteiger partial charge in [-0.15, -0.1) is 0 Å². The maximum atomic E-state index is 12.2. The van der Waals surface area contributed by atoms with Crippen molar-refractivity contribution in [3.8, 4) is 11.8 Å². The molecule has 0 aliphatic heterocycles. The lowest BCUT2D eigenvalue weighted by Gasteiger charge is -2.36. The van der Waals surface area contributed by atoms with Crippen LogP contribution >= 0.6 is 0 Å². The summed E-state index contributed by atoms with van der Waals surface area (Å²) in [4.78, 5) is 12.2. The molecule has 0 unspecified atom stereocenters. The first-order chi connectivity index (χ1) is 11.2. The van der Waals surface area contributed by atoms with Crippen molar-refractivity contribution in [3.63, 3.8) is 0 Å². The molecule has 0 fully saturated rings. The first-order valence-corrected chi connectivity index (χ1v) is 11.4. The van der Waals surface area contributed by atoms with Crippen LogP contribution in [0.15, 0.2) is 6.08 Å². The molecular weight excluding hydrogens is 312 g/mol. The molecule has 1 aromatic rings. The first-order valence-electron chi connectivity index (χ1n) is 8.52. The summed E-state index contributed by atoms with van der Waals surface area (Å²) in [6.45, 7) is 13.8. The molecule has 0 bridgehead atoms. The van der Waals surface area contributed by atoms with Crippen molar-refractivity contribution in [2.45, 2.75) is 58.7 Å². The maximum absolute atomic E-state index is 12.2. The second kappa shape index (κ2) is 6.97. The number of carbonyl (C=O) groups excluding carboxylic acids is 1. The van der Waals surface area contributed by atoms with E-state index in [4.69, 9.17) is 4.43 Å². The Morgan fingerprint density at radius 3 is 2.54 bits per heavy atom. The maximum Gasteiger partial charge on any atom is 0.191 e. The number of allylic oxidation sites excluding steroid dienone is 1. The largest absolute Gasteiger partial charge is 0.416 e. The van der Waals surface area contributed by atoms with E-state index < -0.39 is 8.32 Å². The van der Waals surface area contributed by atoms with Crippen LogP contribution in [0.25, 0.3) is 6.08 Å². The van der Waals surface area contributed by atoms with E-state index in [1.807, 2.05) is 6.92 Å². The normalized spacial score (nSPS) is 13.3. The van der Waals surface area contributed by atoms with Crippen molar-refractivity contribution in [2.75, 3.05) is 6.61 Å². The lowest BCUT2D eigenvalue weighted by Crippen LogP contribution is -2.41. The number of hydrogen-bond acceptors (Lipinski definition) is 2. The summed E-state index contributed by atoms with van der Waals surface area (Å²) < 4.78 is 6.26. The highest BCUT2D eigenvalue weighted by atomic mass is 28.4. The molecule has 24 heavy (non-hydrogen) atoms. The van der Waals surface area contributed by atoms with Gasteiger partial charge in [-0.1, -0.05) is 51.7 Å². The van der Waals surface area contributed by atoms with Gasteiger partial charge < -0.3 is 4.43 Å². The van der Waals surface area contributed by atoms with Crippen molar-refractivity contribution in [2.24, 2.45) is 0 Å². The highest BCUT2D eigenvalue weighted by Gasteiger charge is 2.36. The third-order valence-corrected chi connectivity index (χ3v) is 9.37. The number of hydrogen-bond donors (Lipinski definition) is 0. The molecule has 0 amide bonds. The van der Waals surface area contributed by atoms with Crippen LogP contribution in [0, 0.1) is 24.0 Å². The van der Waals surface area contributed by atoms with Crippen molar-refractivity contribution in [1.29, 1.82) is 0 Å². The predicted molar refractivity (Wildman–Crippen MR) is 102 cm³/mol. The fraction of sp³-hybridized carbons (Fsp3) is 0.476. The fourth-order valence-electron chi connectivity index (χ4n) is 2.30. The van der Waals surface area contributed by atoms with Crippen molar-refractivity contribution in [1.82, 2.24) is 0 Å². The van der Waals surface area contributed by atoms with Gasteiger partial charge in [0.05, 0.1) is 5.56 Å². The van der Waals surface area contributed by atoms with E-state index in [0.717, 1.165) is 23.1 Å². The van der Waals surface area contributed by atoms with E-state index in [1.54, 1.807) is 12.2 Å². The zero-order valence-corrected chi connectivity index (χ0v) is 16.6. The minimum atomic E-state index is -1.77. The minimum Gasteiger partial charge on any atom is -0.416 e. The van der Waals surface area contributed by atoms with E-state index in [1.165, 1.54) is 0 Å². The quantitative estimate of drug-likeness (QED) is 0.581. The van der Waals surface area contributed by atoms with Gasteiger partial charge in [0.15, 0.2) is 14.1 Å². The molecule has 0 atom stereocenters. The van der Waals surface area contributed by atoms with Gasteiger partial charge in [0, 0.05) is 36.1 Å². The SMILES string of the molecule is CCC#Cc1c(CCO[Si](C)(C)C(C)(C)C)c#cc2c1C(=O)C=C2. The Labute approximate surface area is 147 Å². The summed E-state index contributed by atoms with van der Waals surface area (Å²) in [6, 6.07) is 6.29. The highest BCUT2D eigenvalue weighted by Crippen LogP contribution is 2.36. The van der Waals surface area contributed by atoms with Crippen LogP contribution in [-0.4, -0.2) is 20.7 Å². The Balaban J connectivity index is 2.23. The Hall–Kier alpha value is -1.81. The monoisotopic (exact) mass is 338 g/mol. The van der Waals surface area contributed by atoms with Gasteiger partial charge in [-0.2, -0.15) is 0 Å². The van der Waals surface area contributed by atoms with Crippen LogP contribution < -0.4 is 0 Å². The van der Waals surface area contributed by atoms with Crippen LogP contribution in [0.5, 0.6) is 0 Å². The Kier molecular flexibility index (Phi) is 5.38. The van der Waals surface area contributed by atoms with Crippen LogP contribution in [-0.2, 0) is 10.8 Å². The number of ketones is 1. The van der Waals surface area contributed by atoms with E-state index in [9.17, 15) is 4.79 Å². The van der Waals surface area contributed by atoms with Gasteiger partial charge in [-0.25, -0.2) is 0 Å². The third-order valence-electron chi connectivity index (χ3n) is 4.83. The van der Waals surface area contributed by atoms with Gasteiger partial charge >= 0.3 is 0 Å². The third kappa shape index (κ3) is 3.81. The second-order valence-electron chi connectivity index (χ2n) is 7.60. The molecule has 0 radical (unpaired) electrons. The Morgan fingerprint density at radius 1 is 1.21 bits per heavy atom. The molecular formula is C21H26O2Si. The minimum absolute atomic E-state index is 0.0159. The van der Waals surface area contributed by atoms with Crippen molar-refractivity contribution < 1.29 is 9.22 Å². The van der Waals surface area contributed by atoms with Gasteiger partial charge in [0.2, 0.25) is 0 Å². The molecule has 0 N–H and O–H groups in total. The molecule has 3 heteroatoms. The van der Waals surface area contributed by atoms with E-state index in [0.29, 0.717) is 18.6 Å². The number of rotatable bonds is 4. The van der Waals surface area contributed by atoms with Gasteiger partial charge in [-0.05, 0) is 30.3 Å². The van der Waals surface area contributed by atoms with Crippen LogP contribution in [0.2, 0.25) is 18.1 Å². The molecule has 126 valence electrons. The standard InChI is InChI=1S/C21H26O2Si/c1-7-8-9-18-16(10-11-17-12-13-19(22)20(17)18)14-15-23-24(5,6)21(2,3)4/h12-13H,7,14-15H2,1-6H3. The molecule has 1 aliphatic carbocycles. The zero-order valence-electron chi connectivity index (χ0n) is 15.6. The topological polar surface area (TPSA) is 26.3 Å². The van der Waals surface area contributed by atoms with E-state index in [-0.39, 0.29) is 10.8 Å². The van der Waals surface area contributed by atoms with Crippen LogP contribution in [0.1, 0.15) is 61.2 Å². The molecule has 2 rings (SSSR count). The molecule has 0 saturated heterocycles. The first kappa shape index (κ1) is 18.5. The fourth-order valence-corrected chi connectivity index (χ4v) is 3.35. The summed E-state index contributed by atoms with van der Waals surface area (Å²) in [5.74, 6) is 6.27. The molecule has 1 aromatic carbocycles. The molecule has 2 nitrogen and oxygen atoms in total. The van der Waals surface area contributed by atoms with E-state index >= 15 is 0 Å². The molecule has 0 aromatic heterocycles. The summed E-state index contributed by atoms with van der Waals surface area (Å²) in [7, 11) is -1.77. The number of fused-ring (bicyclic) bond motifs is 1. The summed E-state index contributed by atoms with van der Waals surface area (Å²) in [5.41, 5.74) is 3.22. The Bertz CT molecular complexity index is 725. The Morgan fingerprint density at radius 2 is 1.92 bits per heavy atom. The zero-order chi connectivity index (χ0) is 18.0. The predicted octanol–water partition coefficient (Wildman–Crippen LogP) is 4.82. The van der Waals surface area contributed by atoms with Crippen LogP contribution in [0.3, 0.4) is 0 Å². The average molecular weight is 339 g/mol. The van der Waals surface area contributed by atoms with E-state index in [2.05, 4.69) is 57.8 Å². The van der Waals surface area contributed by atoms with Gasteiger partial charge in [0.25, 0.3) is 0 Å². The molecule has 0 spiro atoms. The summed E-state index contributed by atoms with van der Waals surface area (Å²) in [6.07, 6.45) is 4.84. The molecule has 0 saturated carbocycles. The smallest absolute Gasteiger partial charge is 0.191 e. The number of carbonyl (C=O) groups is 1. The van der Waals surface area contributed by atoms with Crippen molar-refractivity contribution in [3.05, 3.63) is 40.5 Å². The lowest BCUT2D eigenvalue weighted by atomic mass is 9.97.